The highest BCUT2D eigenvalue weighted by molar-refractivity contribution is 5.89. The molecule has 3 aliphatic rings. The minimum Gasteiger partial charge on any atom is -0.488 e. The number of nitrogens with zero attached hydrogens (tertiary/aromatic N) is 6. The van der Waals surface area contributed by atoms with Crippen molar-refractivity contribution >= 4 is 35.0 Å². The number of hydrogen-bond acceptors (Lipinski definition) is 7. The average molecular weight is 412 g/mol. The number of fused-ring (bicyclic) bond motifs is 5. The standard InChI is InChI=1S/C23H20N6O2/c30-22-15-29-10-8-28(9-11-29)14-17-3-1-2-4-20(17)27-23-19-13-18(31-12-7-24-22)5-6-21(19)25-16-26-23/h1-8,10,13-14,16H,9,11-12,15H2/b17-14-,24-7?,27-20?. The van der Waals surface area contributed by atoms with Crippen LogP contribution in [0.4, 0.5) is 5.82 Å². The van der Waals surface area contributed by atoms with E-state index >= 15 is 0 Å². The molecule has 1 amide bonds. The fourth-order valence-corrected chi connectivity index (χ4v) is 3.49. The van der Waals surface area contributed by atoms with E-state index in [1.54, 1.807) is 0 Å². The molecule has 0 saturated carbocycles. The highest BCUT2D eigenvalue weighted by atomic mass is 16.5. The first-order valence-electron chi connectivity index (χ1n) is 10.0. The number of benzene rings is 2. The van der Waals surface area contributed by atoms with Crippen molar-refractivity contribution in [2.45, 2.75) is 0 Å². The summed E-state index contributed by atoms with van der Waals surface area (Å²) >= 11 is 0. The van der Waals surface area contributed by atoms with E-state index in [4.69, 9.17) is 9.73 Å². The van der Waals surface area contributed by atoms with E-state index in [-0.39, 0.29) is 19.1 Å². The van der Waals surface area contributed by atoms with Gasteiger partial charge >= 0.3 is 0 Å². The lowest BCUT2D eigenvalue weighted by Crippen LogP contribution is -2.36. The molecule has 0 unspecified atom stereocenters. The van der Waals surface area contributed by atoms with Crippen molar-refractivity contribution < 1.29 is 9.53 Å². The summed E-state index contributed by atoms with van der Waals surface area (Å²) in [6.07, 6.45) is 8.92. The summed E-state index contributed by atoms with van der Waals surface area (Å²) in [6.45, 7) is 1.91. The van der Waals surface area contributed by atoms with Gasteiger partial charge in [-0.3, -0.25) is 4.79 Å². The molecule has 0 N–H and O–H groups in total. The highest BCUT2D eigenvalue weighted by Crippen LogP contribution is 2.25. The molecule has 3 aromatic rings. The van der Waals surface area contributed by atoms with Crippen LogP contribution in [0.15, 0.2) is 71.2 Å². The van der Waals surface area contributed by atoms with Gasteiger partial charge in [0, 0.05) is 48.5 Å². The van der Waals surface area contributed by atoms with Crippen molar-refractivity contribution in [3.05, 3.63) is 71.8 Å². The van der Waals surface area contributed by atoms with Crippen molar-refractivity contribution in [2.24, 2.45) is 9.98 Å². The second-order valence-electron chi connectivity index (χ2n) is 7.20. The zero-order valence-electron chi connectivity index (χ0n) is 16.8. The summed E-state index contributed by atoms with van der Waals surface area (Å²) in [5, 5.41) is 2.58. The monoisotopic (exact) mass is 412 g/mol. The Bertz CT molecular complexity index is 1320. The van der Waals surface area contributed by atoms with Crippen LogP contribution in [-0.4, -0.2) is 58.1 Å². The average Bonchev–Trinajstić information content (AvgIpc) is 2.79. The lowest BCUT2D eigenvalue weighted by Gasteiger charge is -2.28. The third kappa shape index (κ3) is 4.28. The maximum Gasteiger partial charge on any atom is 0.264 e. The van der Waals surface area contributed by atoms with Crippen molar-refractivity contribution in [2.75, 3.05) is 26.2 Å². The van der Waals surface area contributed by atoms with Gasteiger partial charge in [-0.05, 0) is 24.3 Å². The van der Waals surface area contributed by atoms with E-state index in [0.717, 1.165) is 34.6 Å². The molecular weight excluding hydrogens is 392 g/mol. The quantitative estimate of drug-likeness (QED) is 0.555. The molecule has 0 fully saturated rings. The first kappa shape index (κ1) is 18.9. The molecule has 8 nitrogen and oxygen atoms in total. The second kappa shape index (κ2) is 8.35. The Labute approximate surface area is 178 Å². The topological polar surface area (TPSA) is 83.3 Å². The molecule has 8 heteroatoms. The lowest BCUT2D eigenvalue weighted by molar-refractivity contribution is -0.118. The SMILES string of the molecule is O=C1CN2C=CN(/C=c3/ccccc3=Nc3ncnc4ccc(cc34)OCC=N1)CC2. The van der Waals surface area contributed by atoms with Crippen LogP contribution in [0, 0.1) is 0 Å². The zero-order chi connectivity index (χ0) is 21.0. The number of rotatable bonds is 0. The van der Waals surface area contributed by atoms with Crippen LogP contribution in [0.3, 0.4) is 0 Å². The molecule has 0 spiro atoms. The van der Waals surface area contributed by atoms with Crippen LogP contribution in [0.1, 0.15) is 0 Å². The lowest BCUT2D eigenvalue weighted by atomic mass is 10.2. The van der Waals surface area contributed by atoms with Crippen molar-refractivity contribution in [1.82, 2.24) is 19.8 Å². The Morgan fingerprint density at radius 1 is 1.00 bits per heavy atom. The summed E-state index contributed by atoms with van der Waals surface area (Å²) < 4.78 is 5.75. The van der Waals surface area contributed by atoms with Crippen LogP contribution < -0.4 is 15.3 Å². The summed E-state index contributed by atoms with van der Waals surface area (Å²) in [4.78, 5) is 33.7. The van der Waals surface area contributed by atoms with Gasteiger partial charge in [0.25, 0.3) is 5.91 Å². The predicted molar refractivity (Wildman–Crippen MR) is 117 cm³/mol. The number of carbonyl (C=O) groups is 1. The number of aliphatic imine (C=N–C) groups is 1. The molecular formula is C23H20N6O2. The zero-order valence-corrected chi connectivity index (χ0v) is 16.8. The molecule has 0 saturated heterocycles. The summed E-state index contributed by atoms with van der Waals surface area (Å²) in [5.74, 6) is 1.00. The largest absolute Gasteiger partial charge is 0.488 e. The Balaban J connectivity index is 1.67. The van der Waals surface area contributed by atoms with Gasteiger partial charge in [0.15, 0.2) is 5.82 Å². The number of amides is 1. The molecule has 0 radical (unpaired) electrons. The van der Waals surface area contributed by atoms with E-state index in [1.165, 1.54) is 12.5 Å². The summed E-state index contributed by atoms with van der Waals surface area (Å²) in [6, 6.07) is 13.5. The van der Waals surface area contributed by atoms with Crippen LogP contribution in [0.5, 0.6) is 5.75 Å². The van der Waals surface area contributed by atoms with Crippen LogP contribution >= 0.6 is 0 Å². The number of para-hydroxylation sites is 1. The Hall–Kier alpha value is -4.07. The third-order valence-corrected chi connectivity index (χ3v) is 5.07. The van der Waals surface area contributed by atoms with Crippen molar-refractivity contribution in [1.29, 1.82) is 0 Å². The molecule has 6 rings (SSSR count). The smallest absolute Gasteiger partial charge is 0.264 e. The van der Waals surface area contributed by atoms with Crippen molar-refractivity contribution in [3.8, 4) is 5.75 Å². The first-order valence-corrected chi connectivity index (χ1v) is 10.0. The van der Waals surface area contributed by atoms with Gasteiger partial charge in [-0.2, -0.15) is 0 Å². The Kier molecular flexibility index (Phi) is 5.10. The molecule has 31 heavy (non-hydrogen) atoms. The maximum absolute atomic E-state index is 12.1. The molecule has 0 aliphatic carbocycles. The van der Waals surface area contributed by atoms with Crippen LogP contribution in [0.2, 0.25) is 0 Å². The summed E-state index contributed by atoms with van der Waals surface area (Å²) in [7, 11) is 0. The van der Waals surface area contributed by atoms with Crippen LogP contribution in [-0.2, 0) is 4.79 Å². The maximum atomic E-state index is 12.1. The van der Waals surface area contributed by atoms with Crippen LogP contribution in [0.25, 0.3) is 17.1 Å². The van der Waals surface area contributed by atoms with Gasteiger partial charge in [0.1, 0.15) is 18.7 Å². The van der Waals surface area contributed by atoms with E-state index in [9.17, 15) is 4.79 Å². The van der Waals surface area contributed by atoms with E-state index in [0.29, 0.717) is 11.6 Å². The van der Waals surface area contributed by atoms with E-state index < -0.39 is 0 Å². The van der Waals surface area contributed by atoms with Gasteiger partial charge in [-0.15, -0.1) is 0 Å². The number of carbonyl (C=O) groups excluding carboxylic acids is 1. The molecule has 4 bridgehead atoms. The first-order chi connectivity index (χ1) is 15.2. The normalized spacial score (nSPS) is 17.4. The molecule has 1 aromatic heterocycles. The van der Waals surface area contributed by atoms with Gasteiger partial charge in [0.05, 0.1) is 17.4 Å². The molecule has 3 aliphatic heterocycles. The minimum absolute atomic E-state index is 0.193. The Morgan fingerprint density at radius 3 is 2.84 bits per heavy atom. The number of aromatic nitrogens is 2. The highest BCUT2D eigenvalue weighted by Gasteiger charge is 2.12. The molecule has 4 heterocycles. The summed E-state index contributed by atoms with van der Waals surface area (Å²) in [5.41, 5.74) is 0.778. The fraction of sp³-hybridized carbons (Fsp3) is 0.174. The van der Waals surface area contributed by atoms with Gasteiger partial charge in [-0.1, -0.05) is 18.2 Å². The minimum atomic E-state index is -0.204. The number of hydrogen-bond donors (Lipinski definition) is 0. The van der Waals surface area contributed by atoms with E-state index in [2.05, 4.69) is 19.9 Å². The molecule has 0 atom stereocenters. The van der Waals surface area contributed by atoms with Gasteiger partial charge in [0.2, 0.25) is 0 Å². The van der Waals surface area contributed by atoms with E-state index in [1.807, 2.05) is 66.0 Å². The Morgan fingerprint density at radius 2 is 1.94 bits per heavy atom. The third-order valence-electron chi connectivity index (χ3n) is 5.07. The second-order valence-corrected chi connectivity index (χ2v) is 7.20. The van der Waals surface area contributed by atoms with Gasteiger partial charge < -0.3 is 14.5 Å². The van der Waals surface area contributed by atoms with Crippen molar-refractivity contribution in [3.63, 3.8) is 0 Å². The predicted octanol–water partition coefficient (Wildman–Crippen LogP) is 1.40. The van der Waals surface area contributed by atoms with Gasteiger partial charge in [-0.25, -0.2) is 20.0 Å². The number of ether oxygens (including phenoxy) is 1. The molecule has 2 aromatic carbocycles. The fourth-order valence-electron chi connectivity index (χ4n) is 3.49. The molecule has 154 valence electrons.